The summed E-state index contributed by atoms with van der Waals surface area (Å²) in [7, 11) is 1.73. The highest BCUT2D eigenvalue weighted by molar-refractivity contribution is 6.01. The van der Waals surface area contributed by atoms with Crippen molar-refractivity contribution in [3.63, 3.8) is 0 Å². The molecular weight excluding hydrogens is 450 g/mol. The second-order valence-electron chi connectivity index (χ2n) is 8.36. The first-order chi connectivity index (χ1) is 16.0. The number of nitrogens with zero attached hydrogens (tertiary/aromatic N) is 1. The van der Waals surface area contributed by atoms with E-state index >= 15 is 0 Å². The molecule has 1 aliphatic heterocycles. The smallest absolute Gasteiger partial charge is 0.249 e. The van der Waals surface area contributed by atoms with E-state index in [0.29, 0.717) is 26.0 Å². The van der Waals surface area contributed by atoms with E-state index in [1.54, 1.807) is 14.0 Å². The van der Waals surface area contributed by atoms with Crippen molar-refractivity contribution < 1.29 is 14.3 Å². The molecule has 4 rings (SSSR count). The third-order valence-electron chi connectivity index (χ3n) is 6.31. The summed E-state index contributed by atoms with van der Waals surface area (Å²) >= 11 is 0. The Kier molecular flexibility index (Phi) is 8.53. The Balaban J connectivity index is 0.00000324. The lowest BCUT2D eigenvalue weighted by Gasteiger charge is -2.28. The van der Waals surface area contributed by atoms with Gasteiger partial charge in [0.25, 0.3) is 0 Å². The van der Waals surface area contributed by atoms with Crippen molar-refractivity contribution in [2.45, 2.75) is 45.3 Å². The Bertz CT molecular complexity index is 1170. The van der Waals surface area contributed by atoms with E-state index in [-0.39, 0.29) is 30.3 Å². The zero-order chi connectivity index (χ0) is 23.4. The summed E-state index contributed by atoms with van der Waals surface area (Å²) in [5, 5.41) is 8.06. The fraction of sp³-hybridized carbons (Fsp3) is 0.333. The maximum Gasteiger partial charge on any atom is 0.249 e. The number of amides is 2. The molecule has 0 aliphatic carbocycles. The van der Waals surface area contributed by atoms with Crippen LogP contribution in [-0.2, 0) is 22.6 Å². The fourth-order valence-electron chi connectivity index (χ4n) is 4.37. The van der Waals surface area contributed by atoms with Gasteiger partial charge in [0.2, 0.25) is 11.8 Å². The summed E-state index contributed by atoms with van der Waals surface area (Å²) in [6, 6.07) is 19.2. The van der Waals surface area contributed by atoms with Crippen molar-refractivity contribution in [3.05, 3.63) is 71.8 Å². The van der Waals surface area contributed by atoms with Gasteiger partial charge >= 0.3 is 0 Å². The number of fused-ring (bicyclic) bond motifs is 2. The molecule has 0 saturated heterocycles. The van der Waals surface area contributed by atoms with Crippen molar-refractivity contribution in [1.29, 1.82) is 0 Å². The second-order valence-corrected chi connectivity index (χ2v) is 8.36. The molecule has 2 N–H and O–H groups in total. The predicted octanol–water partition coefficient (Wildman–Crippen LogP) is 4.23. The Morgan fingerprint density at radius 3 is 2.62 bits per heavy atom. The van der Waals surface area contributed by atoms with Crippen LogP contribution in [0.4, 0.5) is 5.69 Å². The second kappa shape index (κ2) is 11.4. The highest BCUT2D eigenvalue weighted by atomic mass is 35.5. The van der Waals surface area contributed by atoms with Crippen molar-refractivity contribution in [2.24, 2.45) is 0 Å². The van der Waals surface area contributed by atoms with Crippen LogP contribution in [0, 0.1) is 0 Å². The SMILES string of the molecule is CCOc1ccc2ccccc2c1CN1C(=O)[C@@H](NC(=O)[C@H](C)NC)CCc2ccccc21.Cl. The van der Waals surface area contributed by atoms with E-state index < -0.39 is 6.04 Å². The number of carbonyl (C=O) groups excluding carboxylic acids is 2. The zero-order valence-corrected chi connectivity index (χ0v) is 20.7. The molecule has 2 atom stereocenters. The number of anilines is 1. The topological polar surface area (TPSA) is 70.7 Å². The molecule has 0 radical (unpaired) electrons. The first kappa shape index (κ1) is 25.5. The van der Waals surface area contributed by atoms with Crippen LogP contribution in [0.25, 0.3) is 10.8 Å². The van der Waals surface area contributed by atoms with Crippen LogP contribution in [0.2, 0.25) is 0 Å². The van der Waals surface area contributed by atoms with Gasteiger partial charge in [-0.25, -0.2) is 0 Å². The van der Waals surface area contributed by atoms with Crippen LogP contribution in [0.5, 0.6) is 5.75 Å². The normalized spacial score (nSPS) is 16.3. The lowest BCUT2D eigenvalue weighted by molar-refractivity contribution is -0.128. The molecule has 0 aromatic heterocycles. The van der Waals surface area contributed by atoms with Crippen LogP contribution < -0.4 is 20.3 Å². The average molecular weight is 482 g/mol. The number of ether oxygens (including phenoxy) is 1. The highest BCUT2D eigenvalue weighted by Crippen LogP contribution is 2.34. The summed E-state index contributed by atoms with van der Waals surface area (Å²) in [6.07, 6.45) is 1.27. The van der Waals surface area contributed by atoms with Crippen molar-refractivity contribution in [1.82, 2.24) is 10.6 Å². The first-order valence-electron chi connectivity index (χ1n) is 11.5. The molecule has 0 saturated carbocycles. The van der Waals surface area contributed by atoms with E-state index in [0.717, 1.165) is 33.3 Å². The first-order valence-corrected chi connectivity index (χ1v) is 11.5. The summed E-state index contributed by atoms with van der Waals surface area (Å²) < 4.78 is 5.96. The molecule has 0 spiro atoms. The molecule has 1 heterocycles. The fourth-order valence-corrected chi connectivity index (χ4v) is 4.37. The summed E-state index contributed by atoms with van der Waals surface area (Å²) in [5.41, 5.74) is 2.95. The van der Waals surface area contributed by atoms with Gasteiger partial charge in [0.15, 0.2) is 0 Å². The lowest BCUT2D eigenvalue weighted by Crippen LogP contribution is -2.52. The molecular formula is C27H32ClN3O3. The quantitative estimate of drug-likeness (QED) is 0.529. The summed E-state index contributed by atoms with van der Waals surface area (Å²) in [4.78, 5) is 28.2. The third-order valence-corrected chi connectivity index (χ3v) is 6.31. The number of aryl methyl sites for hydroxylation is 1. The van der Waals surface area contributed by atoms with Gasteiger partial charge in [0, 0.05) is 11.3 Å². The number of benzene rings is 3. The van der Waals surface area contributed by atoms with Crippen LogP contribution >= 0.6 is 12.4 Å². The number of hydrogen-bond acceptors (Lipinski definition) is 4. The van der Waals surface area contributed by atoms with E-state index in [1.165, 1.54) is 0 Å². The van der Waals surface area contributed by atoms with Crippen molar-refractivity contribution >= 4 is 40.7 Å². The number of halogens is 1. The van der Waals surface area contributed by atoms with Gasteiger partial charge in [0.1, 0.15) is 11.8 Å². The minimum Gasteiger partial charge on any atom is -0.494 e. The van der Waals surface area contributed by atoms with Gasteiger partial charge in [0.05, 0.1) is 19.2 Å². The minimum atomic E-state index is -0.591. The van der Waals surface area contributed by atoms with E-state index in [1.807, 2.05) is 54.3 Å². The maximum atomic E-state index is 13.8. The van der Waals surface area contributed by atoms with Gasteiger partial charge < -0.3 is 20.3 Å². The Morgan fingerprint density at radius 1 is 1.12 bits per heavy atom. The number of likely N-dealkylation sites (N-methyl/N-ethyl adjacent to an activating group) is 1. The van der Waals surface area contributed by atoms with Gasteiger partial charge in [-0.15, -0.1) is 12.4 Å². The van der Waals surface area contributed by atoms with Gasteiger partial charge in [-0.1, -0.05) is 48.5 Å². The molecule has 34 heavy (non-hydrogen) atoms. The molecule has 2 amide bonds. The summed E-state index contributed by atoms with van der Waals surface area (Å²) in [6.45, 7) is 4.64. The van der Waals surface area contributed by atoms with Gasteiger partial charge in [-0.3, -0.25) is 9.59 Å². The standard InChI is InChI=1S/C27H31N3O3.ClH/c1-4-33-25-16-14-19-9-5-7-11-21(19)22(25)17-30-24-12-8-6-10-20(24)13-15-23(27(30)32)29-26(31)18(2)28-3;/h5-12,14,16,18,23,28H,4,13,15,17H2,1-3H3,(H,29,31);1H/t18-,23-;/m0./s1. The lowest BCUT2D eigenvalue weighted by atomic mass is 10.0. The Hall–Kier alpha value is -3.09. The van der Waals surface area contributed by atoms with E-state index in [4.69, 9.17) is 4.74 Å². The monoisotopic (exact) mass is 481 g/mol. The molecule has 3 aromatic rings. The van der Waals surface area contributed by atoms with Crippen molar-refractivity contribution in [2.75, 3.05) is 18.6 Å². The molecule has 1 aliphatic rings. The van der Waals surface area contributed by atoms with Gasteiger partial charge in [-0.2, -0.15) is 0 Å². The zero-order valence-electron chi connectivity index (χ0n) is 19.8. The van der Waals surface area contributed by atoms with Crippen molar-refractivity contribution in [3.8, 4) is 5.75 Å². The largest absolute Gasteiger partial charge is 0.494 e. The number of carbonyl (C=O) groups is 2. The molecule has 3 aromatic carbocycles. The Labute approximate surface area is 207 Å². The molecule has 0 bridgehead atoms. The predicted molar refractivity (Wildman–Crippen MR) is 139 cm³/mol. The molecule has 0 fully saturated rings. The third kappa shape index (κ3) is 5.18. The van der Waals surface area contributed by atoms with Crippen LogP contribution in [0.15, 0.2) is 60.7 Å². The minimum absolute atomic E-state index is 0. The maximum absolute atomic E-state index is 13.8. The number of hydrogen-bond donors (Lipinski definition) is 2. The molecule has 0 unspecified atom stereocenters. The van der Waals surface area contributed by atoms with Crippen LogP contribution in [0.1, 0.15) is 31.4 Å². The average Bonchev–Trinajstić information content (AvgIpc) is 2.97. The number of nitrogens with one attached hydrogen (secondary N) is 2. The number of para-hydroxylation sites is 1. The summed E-state index contributed by atoms with van der Waals surface area (Å²) in [5.74, 6) is 0.490. The number of rotatable bonds is 7. The van der Waals surface area contributed by atoms with Gasteiger partial charge in [-0.05, 0) is 62.2 Å². The molecule has 180 valence electrons. The van der Waals surface area contributed by atoms with Crippen LogP contribution in [-0.4, -0.2) is 37.6 Å². The molecule has 7 heteroatoms. The van der Waals surface area contributed by atoms with E-state index in [9.17, 15) is 9.59 Å². The highest BCUT2D eigenvalue weighted by Gasteiger charge is 2.32. The van der Waals surface area contributed by atoms with E-state index in [2.05, 4.69) is 28.8 Å². The van der Waals surface area contributed by atoms with Crippen LogP contribution in [0.3, 0.4) is 0 Å². The Morgan fingerprint density at radius 2 is 1.85 bits per heavy atom. The molecule has 6 nitrogen and oxygen atoms in total.